The normalized spacial score (nSPS) is 18.1. The quantitative estimate of drug-likeness (QED) is 0.128. The second-order valence-electron chi connectivity index (χ2n) is 18.6. The van der Waals surface area contributed by atoms with Crippen molar-refractivity contribution in [3.63, 3.8) is 0 Å². The molecule has 2 N–H and O–H groups in total. The smallest absolute Gasteiger partial charge is 0.329 e. The molecule has 10 rings (SSSR count). The molecule has 4 aliphatic rings. The van der Waals surface area contributed by atoms with Crippen molar-refractivity contribution in [2.45, 2.75) is 96.3 Å². The molecule has 17 heteroatoms. The predicted octanol–water partition coefficient (Wildman–Crippen LogP) is 6.72. The maximum absolute atomic E-state index is 14.7. The lowest BCUT2D eigenvalue weighted by atomic mass is 9.92. The minimum Gasteiger partial charge on any atom is -0.381 e. The number of benzene rings is 3. The number of rotatable bonds is 12. The lowest BCUT2D eigenvalue weighted by Crippen LogP contribution is -2.44. The number of likely N-dealkylation sites (tertiary alicyclic amines) is 1. The molecule has 4 aliphatic heterocycles. The first-order valence-electron chi connectivity index (χ1n) is 23.6. The van der Waals surface area contributed by atoms with Gasteiger partial charge in [0, 0.05) is 107 Å². The summed E-state index contributed by atoms with van der Waals surface area (Å²) >= 11 is 0. The average molecular weight is 914 g/mol. The maximum Gasteiger partial charge on any atom is 0.329 e. The number of hydrogen-bond donors (Lipinski definition) is 2. The predicted molar refractivity (Wildman–Crippen MR) is 251 cm³/mol. The number of fused-ring (bicyclic) bond motifs is 3. The van der Waals surface area contributed by atoms with Crippen molar-refractivity contribution in [3.8, 4) is 11.1 Å². The molecule has 15 nitrogen and oxygen atoms in total. The Morgan fingerprint density at radius 3 is 2.43 bits per heavy atom. The molecule has 1 unspecified atom stereocenters. The van der Waals surface area contributed by atoms with E-state index in [-0.39, 0.29) is 35.5 Å². The molecule has 67 heavy (non-hydrogen) atoms. The summed E-state index contributed by atoms with van der Waals surface area (Å²) in [5.41, 5.74) is 9.51. The van der Waals surface area contributed by atoms with Gasteiger partial charge in [-0.15, -0.1) is 0 Å². The van der Waals surface area contributed by atoms with Crippen LogP contribution in [-0.2, 0) is 60.8 Å². The van der Waals surface area contributed by atoms with Gasteiger partial charge in [0.25, 0.3) is 6.43 Å². The molecule has 3 amide bonds. The first-order chi connectivity index (χ1) is 32.4. The van der Waals surface area contributed by atoms with Gasteiger partial charge in [0.2, 0.25) is 17.7 Å². The van der Waals surface area contributed by atoms with Crippen LogP contribution in [0.2, 0.25) is 0 Å². The first-order valence-corrected chi connectivity index (χ1v) is 23.6. The van der Waals surface area contributed by atoms with Crippen LogP contribution in [0.15, 0.2) is 71.8 Å². The fourth-order valence-corrected chi connectivity index (χ4v) is 10.7. The molecule has 2 saturated heterocycles. The van der Waals surface area contributed by atoms with Gasteiger partial charge in [-0.3, -0.25) is 38.2 Å². The van der Waals surface area contributed by atoms with Gasteiger partial charge >= 0.3 is 5.69 Å². The average Bonchev–Trinajstić information content (AvgIpc) is 4.01. The topological polar surface area (TPSA) is 148 Å². The second kappa shape index (κ2) is 18.2. The lowest BCUT2D eigenvalue weighted by molar-refractivity contribution is -0.135. The molecule has 0 aliphatic carbocycles. The summed E-state index contributed by atoms with van der Waals surface area (Å²) in [7, 11) is 3.48. The van der Waals surface area contributed by atoms with Crippen molar-refractivity contribution in [1.82, 2.24) is 43.8 Å². The van der Waals surface area contributed by atoms with Crippen LogP contribution in [0.4, 0.5) is 26.0 Å². The van der Waals surface area contributed by atoms with Crippen LogP contribution in [0.25, 0.3) is 22.2 Å². The van der Waals surface area contributed by atoms with Crippen LogP contribution in [-0.4, -0.2) is 88.9 Å². The summed E-state index contributed by atoms with van der Waals surface area (Å²) in [6, 6.07) is 17.4. The third-order valence-corrected chi connectivity index (χ3v) is 14.4. The van der Waals surface area contributed by atoms with Gasteiger partial charge in [0.15, 0.2) is 5.82 Å². The van der Waals surface area contributed by atoms with E-state index in [0.717, 1.165) is 97.7 Å². The zero-order valence-corrected chi connectivity index (χ0v) is 38.3. The Balaban J connectivity index is 0.761. The SMILES string of the molecule is CC(=O)N1CCc2c(c(N3CCCc4cc(-c5cnn(C)c5)c(C(F)F)cc43)nn2C2CCN(CCCc3ccc(CNc4ccc5c(c4)n(C)c(=O)n5C4CCC(=O)NC4=O)cc3)CC2)C1. The van der Waals surface area contributed by atoms with Crippen molar-refractivity contribution in [3.05, 3.63) is 111 Å². The molecule has 350 valence electrons. The molecule has 1 atom stereocenters. The van der Waals surface area contributed by atoms with Crippen LogP contribution < -0.4 is 21.2 Å². The number of halogens is 2. The van der Waals surface area contributed by atoms with Crippen LogP contribution in [0.1, 0.15) is 97.5 Å². The molecule has 0 radical (unpaired) electrons. The van der Waals surface area contributed by atoms with Crippen LogP contribution in [0, 0.1) is 0 Å². The number of alkyl halides is 2. The molecule has 3 aromatic heterocycles. The van der Waals surface area contributed by atoms with Gasteiger partial charge in [-0.2, -0.15) is 10.2 Å². The van der Waals surface area contributed by atoms with E-state index in [1.807, 2.05) is 29.2 Å². The lowest BCUT2D eigenvalue weighted by Gasteiger charge is -2.34. The van der Waals surface area contributed by atoms with Gasteiger partial charge in [-0.05, 0) is 104 Å². The van der Waals surface area contributed by atoms with Crippen LogP contribution in [0.5, 0.6) is 0 Å². The highest BCUT2D eigenvalue weighted by molar-refractivity contribution is 6.00. The molecule has 7 heterocycles. The van der Waals surface area contributed by atoms with E-state index in [1.54, 1.807) is 48.7 Å². The van der Waals surface area contributed by atoms with E-state index >= 15 is 0 Å². The van der Waals surface area contributed by atoms with Crippen molar-refractivity contribution < 1.29 is 23.2 Å². The van der Waals surface area contributed by atoms with Crippen molar-refractivity contribution in [2.75, 3.05) is 42.9 Å². The highest BCUT2D eigenvalue weighted by atomic mass is 19.3. The molecule has 2 fully saturated rings. The highest BCUT2D eigenvalue weighted by Crippen LogP contribution is 2.44. The number of nitrogens with zero attached hydrogens (tertiary/aromatic N) is 9. The van der Waals surface area contributed by atoms with Gasteiger partial charge < -0.3 is 20.0 Å². The number of imide groups is 1. The Morgan fingerprint density at radius 1 is 0.910 bits per heavy atom. The third kappa shape index (κ3) is 8.65. The summed E-state index contributed by atoms with van der Waals surface area (Å²) in [5, 5.41) is 15.4. The number of carbonyl (C=O) groups excluding carboxylic acids is 3. The van der Waals surface area contributed by atoms with E-state index in [0.29, 0.717) is 61.2 Å². The van der Waals surface area contributed by atoms with Crippen LogP contribution in [0.3, 0.4) is 0 Å². The molecular weight excluding hydrogens is 857 g/mol. The van der Waals surface area contributed by atoms with E-state index in [4.69, 9.17) is 5.10 Å². The van der Waals surface area contributed by atoms with Gasteiger partial charge in [0.1, 0.15) is 6.04 Å². The van der Waals surface area contributed by atoms with Crippen molar-refractivity contribution in [1.29, 1.82) is 0 Å². The first kappa shape index (κ1) is 44.2. The Labute approximate surface area is 387 Å². The Bertz CT molecular complexity index is 2920. The molecular formula is C50H57F2N11O4. The Hall–Kier alpha value is -6.62. The molecule has 6 aromatic rings. The van der Waals surface area contributed by atoms with E-state index in [2.05, 4.69) is 54.5 Å². The number of anilines is 3. The minimum atomic E-state index is -2.66. The van der Waals surface area contributed by atoms with E-state index in [9.17, 15) is 28.0 Å². The third-order valence-electron chi connectivity index (χ3n) is 14.4. The fourth-order valence-electron chi connectivity index (χ4n) is 10.7. The molecule has 0 saturated carbocycles. The highest BCUT2D eigenvalue weighted by Gasteiger charge is 2.35. The van der Waals surface area contributed by atoms with E-state index in [1.165, 1.54) is 10.1 Å². The fraction of sp³-hybridized carbons (Fsp3) is 0.440. The molecule has 0 spiro atoms. The van der Waals surface area contributed by atoms with Gasteiger partial charge in [-0.1, -0.05) is 24.3 Å². The number of nitrogens with one attached hydrogen (secondary N) is 2. The Kier molecular flexibility index (Phi) is 12.0. The summed E-state index contributed by atoms with van der Waals surface area (Å²) in [5.74, 6) is 0.0463. The number of carbonyl (C=O) groups is 3. The standard InChI is InChI=1S/C50H57F2N11O4/c1-31(64)60-23-18-41-40(30-60)48(61-20-5-7-34-24-38(35-28-54-57(2)29-35)39(47(51)52)26-44(34)61)56-63(41)37-16-21-59(22-17-37)19-4-6-32-8-10-33(11-9-32)27-53-36-12-13-42-45(25-36)58(3)50(67)62(42)43-14-15-46(65)55-49(43)66/h8-13,24-26,28-29,37,43,47,53H,4-7,14-23,27,30H2,1-3H3,(H,55,65,66). The van der Waals surface area contributed by atoms with Gasteiger partial charge in [-0.25, -0.2) is 13.6 Å². The minimum absolute atomic E-state index is 0.0139. The van der Waals surface area contributed by atoms with Crippen molar-refractivity contribution in [2.24, 2.45) is 14.1 Å². The number of imidazole rings is 1. The maximum atomic E-state index is 14.7. The molecule has 0 bridgehead atoms. The summed E-state index contributed by atoms with van der Waals surface area (Å²) in [4.78, 5) is 56.7. The number of amides is 3. The Morgan fingerprint density at radius 2 is 1.70 bits per heavy atom. The molecule has 3 aromatic carbocycles. The van der Waals surface area contributed by atoms with Crippen molar-refractivity contribution >= 4 is 45.9 Å². The number of aryl methyl sites for hydroxylation is 4. The largest absolute Gasteiger partial charge is 0.381 e. The summed E-state index contributed by atoms with van der Waals surface area (Å²) in [6.45, 7) is 6.89. The van der Waals surface area contributed by atoms with E-state index < -0.39 is 18.4 Å². The second-order valence-corrected chi connectivity index (χ2v) is 18.6. The zero-order chi connectivity index (χ0) is 46.5. The monoisotopic (exact) mass is 913 g/mol. The number of piperidine rings is 2. The summed E-state index contributed by atoms with van der Waals surface area (Å²) in [6.07, 6.45) is 7.54. The van der Waals surface area contributed by atoms with Gasteiger partial charge in [0.05, 0.1) is 29.8 Å². The summed E-state index contributed by atoms with van der Waals surface area (Å²) < 4.78 is 36.4. The number of aromatic nitrogens is 6. The van der Waals surface area contributed by atoms with Crippen LogP contribution >= 0.6 is 0 Å². The zero-order valence-electron chi connectivity index (χ0n) is 38.3. The number of hydrogen-bond acceptors (Lipinski definition) is 9.